The van der Waals surface area contributed by atoms with E-state index in [1.807, 2.05) is 0 Å². The van der Waals surface area contributed by atoms with Gasteiger partial charge < -0.3 is 5.32 Å². The van der Waals surface area contributed by atoms with Crippen molar-refractivity contribution < 1.29 is 0 Å². The summed E-state index contributed by atoms with van der Waals surface area (Å²) in [6.45, 7) is 6.80. The zero-order valence-electron chi connectivity index (χ0n) is 13.9. The fourth-order valence-corrected chi connectivity index (χ4v) is 4.28. The lowest BCUT2D eigenvalue weighted by Gasteiger charge is -2.39. The number of aryl methyl sites for hydroxylation is 2. The summed E-state index contributed by atoms with van der Waals surface area (Å²) < 4.78 is 2.05. The first-order valence-corrected chi connectivity index (χ1v) is 8.13. The van der Waals surface area contributed by atoms with Gasteiger partial charge in [0.15, 0.2) is 0 Å². The molecular weight excluding hydrogens is 246 g/mol. The summed E-state index contributed by atoms with van der Waals surface area (Å²) in [5.74, 6) is 0.775. The molecule has 1 aliphatic carbocycles. The molecule has 1 unspecified atom stereocenters. The van der Waals surface area contributed by atoms with Crippen LogP contribution in [0.3, 0.4) is 0 Å². The van der Waals surface area contributed by atoms with Gasteiger partial charge in [-0.2, -0.15) is 5.10 Å². The predicted octanol–water partition coefficient (Wildman–Crippen LogP) is 3.47. The van der Waals surface area contributed by atoms with Gasteiger partial charge in [-0.15, -0.1) is 0 Å². The van der Waals surface area contributed by atoms with E-state index in [4.69, 9.17) is 0 Å². The Bertz CT molecular complexity index is 427. The van der Waals surface area contributed by atoms with Gasteiger partial charge in [-0.3, -0.25) is 4.68 Å². The molecule has 1 aromatic rings. The first-order chi connectivity index (χ1) is 9.47. The smallest absolute Gasteiger partial charge is 0.0596 e. The van der Waals surface area contributed by atoms with Crippen LogP contribution >= 0.6 is 0 Å². The Kier molecular flexibility index (Phi) is 4.90. The second-order valence-corrected chi connectivity index (χ2v) is 7.11. The molecule has 1 N–H and O–H groups in total. The fraction of sp³-hybridized carbons (Fsp3) is 0.824. The Balaban J connectivity index is 2.18. The number of nitrogens with one attached hydrogen (secondary N) is 1. The number of likely N-dealkylation sites (N-methyl/N-ethyl adjacent to an activating group) is 1. The van der Waals surface area contributed by atoms with Crippen molar-refractivity contribution in [1.29, 1.82) is 0 Å². The van der Waals surface area contributed by atoms with Crippen LogP contribution in [0.15, 0.2) is 6.07 Å². The molecule has 1 atom stereocenters. The molecule has 3 nitrogen and oxygen atoms in total. The van der Waals surface area contributed by atoms with Crippen LogP contribution < -0.4 is 5.32 Å². The topological polar surface area (TPSA) is 29.9 Å². The summed E-state index contributed by atoms with van der Waals surface area (Å²) in [7, 11) is 4.20. The molecule has 1 fully saturated rings. The van der Waals surface area contributed by atoms with E-state index >= 15 is 0 Å². The molecule has 114 valence electrons. The van der Waals surface area contributed by atoms with E-state index in [2.05, 4.69) is 56.0 Å². The zero-order valence-corrected chi connectivity index (χ0v) is 13.9. The summed E-state index contributed by atoms with van der Waals surface area (Å²) >= 11 is 0. The van der Waals surface area contributed by atoms with Crippen LogP contribution in [0.1, 0.15) is 57.3 Å². The molecule has 1 saturated carbocycles. The van der Waals surface area contributed by atoms with Gasteiger partial charge in [0.1, 0.15) is 0 Å². The van der Waals surface area contributed by atoms with Crippen molar-refractivity contribution in [3.05, 3.63) is 17.5 Å². The van der Waals surface area contributed by atoms with Gasteiger partial charge in [0.25, 0.3) is 0 Å². The van der Waals surface area contributed by atoms with Gasteiger partial charge in [0.2, 0.25) is 0 Å². The third-order valence-electron chi connectivity index (χ3n) is 5.01. The van der Waals surface area contributed by atoms with Crippen LogP contribution in [-0.2, 0) is 13.5 Å². The van der Waals surface area contributed by atoms with Crippen molar-refractivity contribution in [2.75, 3.05) is 7.05 Å². The maximum absolute atomic E-state index is 4.50. The summed E-state index contributed by atoms with van der Waals surface area (Å²) in [4.78, 5) is 0. The standard InChI is InChI=1S/C17H31N3/c1-13(2)12-17(8-6-7-9-17)16(18-4)11-15-10-14(3)19-20(15)5/h10,13,16,18H,6-9,11-12H2,1-5H3. The molecule has 0 bridgehead atoms. The van der Waals surface area contributed by atoms with Crippen molar-refractivity contribution in [2.24, 2.45) is 18.4 Å². The van der Waals surface area contributed by atoms with Gasteiger partial charge >= 0.3 is 0 Å². The lowest BCUT2D eigenvalue weighted by atomic mass is 9.71. The van der Waals surface area contributed by atoms with Crippen LogP contribution in [0.5, 0.6) is 0 Å². The van der Waals surface area contributed by atoms with E-state index in [1.165, 1.54) is 37.8 Å². The zero-order chi connectivity index (χ0) is 14.8. The van der Waals surface area contributed by atoms with E-state index in [0.29, 0.717) is 11.5 Å². The van der Waals surface area contributed by atoms with E-state index in [-0.39, 0.29) is 0 Å². The molecule has 0 amide bonds. The Morgan fingerprint density at radius 2 is 2.00 bits per heavy atom. The molecule has 0 radical (unpaired) electrons. The molecule has 3 heteroatoms. The van der Waals surface area contributed by atoms with E-state index < -0.39 is 0 Å². The number of rotatable bonds is 6. The lowest BCUT2D eigenvalue weighted by molar-refractivity contribution is 0.158. The van der Waals surface area contributed by atoms with Gasteiger partial charge in [0.05, 0.1) is 5.69 Å². The number of hydrogen-bond acceptors (Lipinski definition) is 2. The van der Waals surface area contributed by atoms with Gasteiger partial charge in [-0.25, -0.2) is 0 Å². The highest BCUT2D eigenvalue weighted by atomic mass is 15.3. The fourth-order valence-electron chi connectivity index (χ4n) is 4.28. The normalized spacial score (nSPS) is 19.7. The lowest BCUT2D eigenvalue weighted by Crippen LogP contribution is -2.45. The van der Waals surface area contributed by atoms with Gasteiger partial charge in [-0.05, 0) is 50.6 Å². The molecule has 0 spiro atoms. The Labute approximate surface area is 124 Å². The molecule has 2 rings (SSSR count). The van der Waals surface area contributed by atoms with Gasteiger partial charge in [0, 0.05) is 25.2 Å². The molecule has 20 heavy (non-hydrogen) atoms. The summed E-state index contributed by atoms with van der Waals surface area (Å²) in [5, 5.41) is 8.13. The quantitative estimate of drug-likeness (QED) is 0.863. The van der Waals surface area contributed by atoms with Crippen LogP contribution in [0.2, 0.25) is 0 Å². The maximum atomic E-state index is 4.50. The summed E-state index contributed by atoms with van der Waals surface area (Å²) in [5.41, 5.74) is 2.97. The van der Waals surface area contributed by atoms with Crippen LogP contribution in [0, 0.1) is 18.3 Å². The maximum Gasteiger partial charge on any atom is 0.0596 e. The van der Waals surface area contributed by atoms with Crippen LogP contribution in [0.25, 0.3) is 0 Å². The van der Waals surface area contributed by atoms with Crippen LogP contribution in [0.4, 0.5) is 0 Å². The largest absolute Gasteiger partial charge is 0.316 e. The highest BCUT2D eigenvalue weighted by Crippen LogP contribution is 2.46. The monoisotopic (exact) mass is 277 g/mol. The first-order valence-electron chi connectivity index (χ1n) is 8.13. The third-order valence-corrected chi connectivity index (χ3v) is 5.01. The van der Waals surface area contributed by atoms with E-state index in [9.17, 15) is 0 Å². The van der Waals surface area contributed by atoms with Crippen molar-refractivity contribution in [1.82, 2.24) is 15.1 Å². The Morgan fingerprint density at radius 3 is 2.45 bits per heavy atom. The number of nitrogens with zero attached hydrogens (tertiary/aromatic N) is 2. The Hall–Kier alpha value is -0.830. The predicted molar refractivity (Wildman–Crippen MR) is 84.9 cm³/mol. The number of hydrogen-bond donors (Lipinski definition) is 1. The van der Waals surface area contributed by atoms with Crippen molar-refractivity contribution in [2.45, 2.75) is 65.3 Å². The average Bonchev–Trinajstić information content (AvgIpc) is 2.93. The summed E-state index contributed by atoms with van der Waals surface area (Å²) in [6, 6.07) is 2.81. The summed E-state index contributed by atoms with van der Waals surface area (Å²) in [6.07, 6.45) is 8.00. The molecule has 0 aliphatic heterocycles. The van der Waals surface area contributed by atoms with E-state index in [1.54, 1.807) is 0 Å². The molecule has 1 heterocycles. The SMILES string of the molecule is CNC(Cc1cc(C)nn1C)C1(CC(C)C)CCCC1. The minimum atomic E-state index is 0.487. The average molecular weight is 277 g/mol. The highest BCUT2D eigenvalue weighted by molar-refractivity contribution is 5.12. The second-order valence-electron chi connectivity index (χ2n) is 7.11. The molecular formula is C17H31N3. The molecule has 1 aliphatic rings. The van der Waals surface area contributed by atoms with E-state index in [0.717, 1.165) is 18.0 Å². The van der Waals surface area contributed by atoms with Crippen LogP contribution in [-0.4, -0.2) is 22.9 Å². The highest BCUT2D eigenvalue weighted by Gasteiger charge is 2.41. The van der Waals surface area contributed by atoms with Gasteiger partial charge in [-0.1, -0.05) is 26.7 Å². The Morgan fingerprint density at radius 1 is 1.35 bits per heavy atom. The second kappa shape index (κ2) is 6.30. The molecule has 1 aromatic heterocycles. The first kappa shape index (κ1) is 15.6. The molecule has 0 aromatic carbocycles. The van der Waals surface area contributed by atoms with Crippen molar-refractivity contribution in [3.63, 3.8) is 0 Å². The third kappa shape index (κ3) is 3.25. The number of aromatic nitrogens is 2. The molecule has 0 saturated heterocycles. The minimum Gasteiger partial charge on any atom is -0.316 e. The minimum absolute atomic E-state index is 0.487. The van der Waals surface area contributed by atoms with Crippen molar-refractivity contribution >= 4 is 0 Å². The van der Waals surface area contributed by atoms with Crippen molar-refractivity contribution in [3.8, 4) is 0 Å².